The van der Waals surface area contributed by atoms with Crippen molar-refractivity contribution in [3.05, 3.63) is 34.9 Å². The number of ether oxygens (including phenoxy) is 3. The van der Waals surface area contributed by atoms with Crippen molar-refractivity contribution in [1.82, 2.24) is 5.32 Å². The van der Waals surface area contributed by atoms with Gasteiger partial charge in [0.25, 0.3) is 0 Å². The van der Waals surface area contributed by atoms with Gasteiger partial charge in [-0.05, 0) is 62.1 Å². The van der Waals surface area contributed by atoms with Crippen LogP contribution in [0.4, 0.5) is 0 Å². The Labute approximate surface area is 217 Å². The largest absolute Gasteiger partial charge is 0.435 e. The lowest BCUT2D eigenvalue weighted by molar-refractivity contribution is -0.576. The van der Waals surface area contributed by atoms with Crippen LogP contribution < -0.4 is 5.32 Å². The summed E-state index contributed by atoms with van der Waals surface area (Å²) in [6, 6.07) is 7.50. The highest BCUT2D eigenvalue weighted by Gasteiger charge is 2.69. The normalized spacial score (nSPS) is 39.1. The van der Waals surface area contributed by atoms with E-state index in [4.69, 9.17) is 35.6 Å². The SMILES string of the molecule is C[C@H]1[C@H](OC(=O)CCC(=O)NCCc2ccc(Cl)cc2)O[C@@H]2O[C@@]3(C)CC[C@@H]4[C@H](C)CC[C@H]1[C@@]24OO3. The molecule has 1 spiro atoms. The fourth-order valence-corrected chi connectivity index (χ4v) is 6.62. The molecule has 1 aromatic rings. The molecule has 198 valence electrons. The van der Waals surface area contributed by atoms with E-state index in [9.17, 15) is 9.59 Å². The quantitative estimate of drug-likeness (QED) is 0.416. The molecule has 2 bridgehead atoms. The molecule has 5 fully saturated rings. The standard InChI is InChI=1S/C27H36ClNO7/c1-16-4-9-21-17(2)24(33-25-27(21)20(16)12-14-26(3,34-25)35-36-27)32-23(31)11-10-22(30)29-15-13-18-5-7-19(28)8-6-18/h5-8,16-17,20-21,24-25H,4,9-15H2,1-3H3,(H,29,30)/t16-,17-,20-,21-,24-,25-,26-,27-/m1/s1. The third-order valence-electron chi connectivity index (χ3n) is 8.55. The molecule has 5 aliphatic rings. The van der Waals surface area contributed by atoms with Gasteiger partial charge in [0.1, 0.15) is 0 Å². The number of carbonyl (C=O) groups is 2. The summed E-state index contributed by atoms with van der Waals surface area (Å²) in [4.78, 5) is 36.8. The van der Waals surface area contributed by atoms with E-state index in [1.165, 1.54) is 0 Å². The lowest BCUT2D eigenvalue weighted by atomic mass is 9.58. The molecular formula is C27H36ClNO7. The number of halogens is 1. The predicted octanol–water partition coefficient (Wildman–Crippen LogP) is 4.53. The van der Waals surface area contributed by atoms with Crippen molar-refractivity contribution in [2.24, 2.45) is 23.7 Å². The van der Waals surface area contributed by atoms with Crippen molar-refractivity contribution in [1.29, 1.82) is 0 Å². The lowest BCUT2D eigenvalue weighted by Gasteiger charge is -2.59. The van der Waals surface area contributed by atoms with Crippen LogP contribution in [0, 0.1) is 23.7 Å². The van der Waals surface area contributed by atoms with Gasteiger partial charge in [0, 0.05) is 36.2 Å². The number of benzene rings is 1. The van der Waals surface area contributed by atoms with Crippen molar-refractivity contribution in [3.63, 3.8) is 0 Å². The summed E-state index contributed by atoms with van der Waals surface area (Å²) in [5.74, 6) is -0.831. The molecule has 0 radical (unpaired) electrons. The molecule has 1 N–H and O–H groups in total. The minimum Gasteiger partial charge on any atom is -0.435 e. The van der Waals surface area contributed by atoms with E-state index in [2.05, 4.69) is 12.2 Å². The van der Waals surface area contributed by atoms with E-state index >= 15 is 0 Å². The van der Waals surface area contributed by atoms with Gasteiger partial charge in [-0.3, -0.25) is 9.59 Å². The van der Waals surface area contributed by atoms with Gasteiger partial charge in [-0.15, -0.1) is 0 Å². The van der Waals surface area contributed by atoms with Crippen LogP contribution in [0.1, 0.15) is 64.9 Å². The topological polar surface area (TPSA) is 92.3 Å². The van der Waals surface area contributed by atoms with E-state index < -0.39 is 29.9 Å². The van der Waals surface area contributed by atoms with Crippen LogP contribution in [0.5, 0.6) is 0 Å². The molecule has 1 aliphatic carbocycles. The summed E-state index contributed by atoms with van der Waals surface area (Å²) < 4.78 is 18.3. The summed E-state index contributed by atoms with van der Waals surface area (Å²) in [6.45, 7) is 6.65. The Balaban J connectivity index is 1.15. The molecular weight excluding hydrogens is 486 g/mol. The van der Waals surface area contributed by atoms with Gasteiger partial charge in [-0.1, -0.05) is 37.6 Å². The fourth-order valence-electron chi connectivity index (χ4n) is 6.50. The van der Waals surface area contributed by atoms with Gasteiger partial charge in [0.2, 0.25) is 18.0 Å². The third-order valence-corrected chi connectivity index (χ3v) is 8.80. The molecule has 4 saturated heterocycles. The summed E-state index contributed by atoms with van der Waals surface area (Å²) >= 11 is 5.90. The van der Waals surface area contributed by atoms with Crippen LogP contribution in [0.15, 0.2) is 24.3 Å². The number of hydrogen-bond donors (Lipinski definition) is 1. The molecule has 1 aromatic carbocycles. The summed E-state index contributed by atoms with van der Waals surface area (Å²) in [5.41, 5.74) is 0.386. The Hall–Kier alpha value is -1.71. The lowest BCUT2D eigenvalue weighted by Crippen LogP contribution is -2.70. The molecule has 8 atom stereocenters. The first-order valence-corrected chi connectivity index (χ1v) is 13.5. The average molecular weight is 522 g/mol. The smallest absolute Gasteiger partial charge is 0.308 e. The maximum atomic E-state index is 12.7. The Bertz CT molecular complexity index is 973. The third kappa shape index (κ3) is 4.90. The maximum absolute atomic E-state index is 12.7. The predicted molar refractivity (Wildman–Crippen MR) is 130 cm³/mol. The number of esters is 1. The van der Waals surface area contributed by atoms with Crippen molar-refractivity contribution in [3.8, 4) is 0 Å². The zero-order valence-electron chi connectivity index (χ0n) is 21.2. The number of rotatable bonds is 7. The second-order valence-corrected chi connectivity index (χ2v) is 11.4. The first-order chi connectivity index (χ1) is 17.2. The summed E-state index contributed by atoms with van der Waals surface area (Å²) in [7, 11) is 0. The fraction of sp³-hybridized carbons (Fsp3) is 0.704. The molecule has 1 amide bonds. The number of amides is 1. The molecule has 36 heavy (non-hydrogen) atoms. The minimum atomic E-state index is -0.878. The van der Waals surface area contributed by atoms with Gasteiger partial charge < -0.3 is 19.5 Å². The van der Waals surface area contributed by atoms with Crippen molar-refractivity contribution in [2.75, 3.05) is 6.54 Å². The maximum Gasteiger partial charge on any atom is 0.308 e. The van der Waals surface area contributed by atoms with Crippen molar-refractivity contribution in [2.45, 2.75) is 89.7 Å². The van der Waals surface area contributed by atoms with E-state index in [-0.39, 0.29) is 36.5 Å². The van der Waals surface area contributed by atoms with Crippen LogP contribution in [0.2, 0.25) is 5.02 Å². The van der Waals surface area contributed by atoms with Crippen LogP contribution in [0.3, 0.4) is 0 Å². The average Bonchev–Trinajstić information content (AvgIpc) is 3.08. The summed E-state index contributed by atoms with van der Waals surface area (Å²) in [6.07, 6.45) is 2.97. The second-order valence-electron chi connectivity index (χ2n) is 11.0. The Morgan fingerprint density at radius 1 is 1.08 bits per heavy atom. The second kappa shape index (κ2) is 10.2. The number of carbonyl (C=O) groups excluding carboxylic acids is 2. The zero-order valence-corrected chi connectivity index (χ0v) is 21.9. The highest BCUT2D eigenvalue weighted by molar-refractivity contribution is 6.30. The number of fused-ring (bicyclic) bond motifs is 2. The Morgan fingerprint density at radius 3 is 2.64 bits per heavy atom. The molecule has 9 heteroatoms. The van der Waals surface area contributed by atoms with E-state index in [0.29, 0.717) is 23.9 Å². The molecule has 4 aliphatic heterocycles. The molecule has 4 heterocycles. The van der Waals surface area contributed by atoms with E-state index in [1.54, 1.807) is 0 Å². The monoisotopic (exact) mass is 521 g/mol. The van der Waals surface area contributed by atoms with Crippen LogP contribution in [0.25, 0.3) is 0 Å². The summed E-state index contributed by atoms with van der Waals surface area (Å²) in [5, 5.41) is 3.53. The first-order valence-electron chi connectivity index (χ1n) is 13.1. The Kier molecular flexibility index (Phi) is 7.36. The van der Waals surface area contributed by atoms with Gasteiger partial charge >= 0.3 is 5.97 Å². The van der Waals surface area contributed by atoms with Crippen molar-refractivity contribution >= 4 is 23.5 Å². The molecule has 0 aromatic heterocycles. The highest BCUT2D eigenvalue weighted by Crippen LogP contribution is 2.60. The van der Waals surface area contributed by atoms with Gasteiger partial charge in [-0.25, -0.2) is 9.78 Å². The molecule has 6 rings (SSSR count). The van der Waals surface area contributed by atoms with E-state index in [0.717, 1.165) is 31.2 Å². The zero-order chi connectivity index (χ0) is 25.5. The number of hydrogen-bond acceptors (Lipinski definition) is 7. The van der Waals surface area contributed by atoms with E-state index in [1.807, 2.05) is 38.1 Å². The minimum absolute atomic E-state index is 0.0162. The highest BCUT2D eigenvalue weighted by atomic mass is 35.5. The van der Waals surface area contributed by atoms with Gasteiger partial charge in [-0.2, -0.15) is 0 Å². The van der Waals surface area contributed by atoms with Gasteiger partial charge in [0.05, 0.1) is 6.42 Å². The molecule has 0 unspecified atom stereocenters. The molecule has 8 nitrogen and oxygen atoms in total. The number of nitrogens with one attached hydrogen (secondary N) is 1. The van der Waals surface area contributed by atoms with Crippen LogP contribution in [-0.4, -0.2) is 42.4 Å². The van der Waals surface area contributed by atoms with Gasteiger partial charge in [0.15, 0.2) is 11.9 Å². The molecule has 1 saturated carbocycles. The Morgan fingerprint density at radius 2 is 1.86 bits per heavy atom. The van der Waals surface area contributed by atoms with Crippen LogP contribution in [-0.2, 0) is 40.0 Å². The first kappa shape index (κ1) is 25.9. The van der Waals surface area contributed by atoms with Crippen molar-refractivity contribution < 1.29 is 33.6 Å². The van der Waals surface area contributed by atoms with Crippen LogP contribution >= 0.6 is 11.6 Å².